The van der Waals surface area contributed by atoms with Gasteiger partial charge >= 0.3 is 0 Å². The van der Waals surface area contributed by atoms with Gasteiger partial charge in [0.05, 0.1) is 17.8 Å². The number of nitriles is 1. The molecule has 0 aliphatic heterocycles. The van der Waals surface area contributed by atoms with Crippen LogP contribution in [0.3, 0.4) is 0 Å². The number of hydrogen-bond donors (Lipinski definition) is 2. The van der Waals surface area contributed by atoms with E-state index in [0.717, 1.165) is 16.3 Å². The first-order valence-corrected chi connectivity index (χ1v) is 5.74. The van der Waals surface area contributed by atoms with Gasteiger partial charge < -0.3 is 11.1 Å². The number of thiophene rings is 1. The number of nitrogen functional groups attached to an aromatic ring is 1. The van der Waals surface area contributed by atoms with Crippen LogP contribution in [0.4, 0.5) is 11.4 Å². The Balaban J connectivity index is 2.11. The molecule has 0 aliphatic rings. The molecule has 0 aliphatic carbocycles. The highest BCUT2D eigenvalue weighted by atomic mass is 32.1. The molecule has 4 heteroatoms. The van der Waals surface area contributed by atoms with Crippen molar-refractivity contribution in [1.29, 1.82) is 5.26 Å². The summed E-state index contributed by atoms with van der Waals surface area (Å²) in [5.41, 5.74) is 8.07. The molecule has 16 heavy (non-hydrogen) atoms. The molecule has 0 saturated heterocycles. The fourth-order valence-electron chi connectivity index (χ4n) is 1.40. The lowest BCUT2D eigenvalue weighted by atomic mass is 10.2. The molecule has 0 amide bonds. The average molecular weight is 229 g/mol. The van der Waals surface area contributed by atoms with E-state index in [2.05, 4.69) is 11.4 Å². The van der Waals surface area contributed by atoms with Crippen LogP contribution in [-0.2, 0) is 6.54 Å². The number of nitrogens with one attached hydrogen (secondary N) is 1. The highest BCUT2D eigenvalue weighted by Gasteiger charge is 2.03. The van der Waals surface area contributed by atoms with Gasteiger partial charge in [0.25, 0.3) is 0 Å². The highest BCUT2D eigenvalue weighted by molar-refractivity contribution is 7.10. The smallest absolute Gasteiger partial charge is 0.101 e. The van der Waals surface area contributed by atoms with Crippen molar-refractivity contribution in [2.45, 2.75) is 6.54 Å². The molecular weight excluding hydrogens is 218 g/mol. The lowest BCUT2D eigenvalue weighted by Crippen LogP contribution is -2.01. The van der Waals surface area contributed by atoms with E-state index in [0.29, 0.717) is 12.1 Å². The Morgan fingerprint density at radius 3 is 2.81 bits per heavy atom. The van der Waals surface area contributed by atoms with Crippen LogP contribution in [0.2, 0.25) is 0 Å². The van der Waals surface area contributed by atoms with Gasteiger partial charge in [-0.15, -0.1) is 11.3 Å². The molecular formula is C12H11N3S. The van der Waals surface area contributed by atoms with Crippen molar-refractivity contribution in [3.63, 3.8) is 0 Å². The zero-order valence-electron chi connectivity index (χ0n) is 8.60. The molecule has 1 aromatic heterocycles. The third kappa shape index (κ3) is 2.15. The summed E-state index contributed by atoms with van der Waals surface area (Å²) in [6.07, 6.45) is 0. The van der Waals surface area contributed by atoms with Gasteiger partial charge in [-0.05, 0) is 23.6 Å². The summed E-state index contributed by atoms with van der Waals surface area (Å²) < 4.78 is 0. The lowest BCUT2D eigenvalue weighted by molar-refractivity contribution is 1.19. The molecule has 0 spiro atoms. The van der Waals surface area contributed by atoms with Crippen molar-refractivity contribution >= 4 is 22.7 Å². The largest absolute Gasteiger partial charge is 0.398 e. The van der Waals surface area contributed by atoms with Crippen LogP contribution in [0.5, 0.6) is 0 Å². The summed E-state index contributed by atoms with van der Waals surface area (Å²) in [6, 6.07) is 11.5. The minimum absolute atomic E-state index is 0.651. The van der Waals surface area contributed by atoms with E-state index in [1.807, 2.05) is 29.6 Å². The topological polar surface area (TPSA) is 61.8 Å². The molecule has 0 radical (unpaired) electrons. The van der Waals surface area contributed by atoms with Crippen LogP contribution in [-0.4, -0.2) is 0 Å². The second kappa shape index (κ2) is 4.69. The molecule has 3 N–H and O–H groups in total. The fourth-order valence-corrected chi connectivity index (χ4v) is 2.14. The minimum Gasteiger partial charge on any atom is -0.398 e. The van der Waals surface area contributed by atoms with Crippen molar-refractivity contribution in [2.75, 3.05) is 11.1 Å². The number of hydrogen-bond acceptors (Lipinski definition) is 4. The number of anilines is 2. The zero-order valence-corrected chi connectivity index (χ0v) is 9.42. The van der Waals surface area contributed by atoms with E-state index < -0.39 is 0 Å². The molecule has 0 saturated carbocycles. The Labute approximate surface area is 98.1 Å². The summed E-state index contributed by atoms with van der Waals surface area (Å²) in [4.78, 5) is 1.09. The van der Waals surface area contributed by atoms with Gasteiger partial charge in [0.2, 0.25) is 0 Å². The summed E-state index contributed by atoms with van der Waals surface area (Å²) in [7, 11) is 0. The van der Waals surface area contributed by atoms with Gasteiger partial charge in [0, 0.05) is 10.6 Å². The summed E-state index contributed by atoms with van der Waals surface area (Å²) in [6.45, 7) is 0.655. The maximum Gasteiger partial charge on any atom is 0.101 e. The fraction of sp³-hybridized carbons (Fsp3) is 0.0833. The standard InChI is InChI=1S/C12H11N3S/c13-7-9-3-1-2-4-11(9)15-8-12-10(14)5-6-16-12/h1-6,15H,8,14H2. The zero-order chi connectivity index (χ0) is 11.4. The van der Waals surface area contributed by atoms with Gasteiger partial charge in [-0.2, -0.15) is 5.26 Å². The van der Waals surface area contributed by atoms with Crippen molar-refractivity contribution in [3.05, 3.63) is 46.2 Å². The van der Waals surface area contributed by atoms with Crippen molar-refractivity contribution < 1.29 is 0 Å². The quantitative estimate of drug-likeness (QED) is 0.850. The van der Waals surface area contributed by atoms with Gasteiger partial charge in [-0.25, -0.2) is 0 Å². The predicted octanol–water partition coefficient (Wildman–Crippen LogP) is 2.81. The minimum atomic E-state index is 0.651. The normalized spacial score (nSPS) is 9.69. The highest BCUT2D eigenvalue weighted by Crippen LogP contribution is 2.21. The maximum atomic E-state index is 8.92. The maximum absolute atomic E-state index is 8.92. The second-order valence-electron chi connectivity index (χ2n) is 3.31. The molecule has 0 bridgehead atoms. The summed E-state index contributed by atoms with van der Waals surface area (Å²) in [5, 5.41) is 14.1. The monoisotopic (exact) mass is 229 g/mol. The Bertz CT molecular complexity index is 525. The Morgan fingerprint density at radius 2 is 2.12 bits per heavy atom. The molecule has 2 rings (SSSR count). The van der Waals surface area contributed by atoms with Crippen LogP contribution in [0.15, 0.2) is 35.7 Å². The van der Waals surface area contributed by atoms with Crippen LogP contribution >= 0.6 is 11.3 Å². The molecule has 0 atom stereocenters. The van der Waals surface area contributed by atoms with E-state index in [-0.39, 0.29) is 0 Å². The van der Waals surface area contributed by atoms with Crippen molar-refractivity contribution in [2.24, 2.45) is 0 Å². The second-order valence-corrected chi connectivity index (χ2v) is 4.31. The van der Waals surface area contributed by atoms with E-state index >= 15 is 0 Å². The molecule has 0 unspecified atom stereocenters. The Hall–Kier alpha value is -1.99. The lowest BCUT2D eigenvalue weighted by Gasteiger charge is -2.06. The van der Waals surface area contributed by atoms with E-state index in [1.165, 1.54) is 0 Å². The Morgan fingerprint density at radius 1 is 1.31 bits per heavy atom. The average Bonchev–Trinajstić information content (AvgIpc) is 2.72. The van der Waals surface area contributed by atoms with E-state index in [4.69, 9.17) is 11.0 Å². The number of nitrogens with zero attached hydrogens (tertiary/aromatic N) is 1. The number of nitrogens with two attached hydrogens (primary N) is 1. The van der Waals surface area contributed by atoms with Crippen molar-refractivity contribution in [1.82, 2.24) is 0 Å². The van der Waals surface area contributed by atoms with Gasteiger partial charge in [0.15, 0.2) is 0 Å². The van der Waals surface area contributed by atoms with E-state index in [9.17, 15) is 0 Å². The first-order chi connectivity index (χ1) is 7.81. The number of benzene rings is 1. The van der Waals surface area contributed by atoms with Crippen molar-refractivity contribution in [3.8, 4) is 6.07 Å². The third-order valence-electron chi connectivity index (χ3n) is 2.27. The van der Waals surface area contributed by atoms with Crippen LogP contribution in [0.1, 0.15) is 10.4 Å². The van der Waals surface area contributed by atoms with Crippen LogP contribution in [0.25, 0.3) is 0 Å². The van der Waals surface area contributed by atoms with Crippen LogP contribution < -0.4 is 11.1 Å². The number of rotatable bonds is 3. The predicted molar refractivity (Wildman–Crippen MR) is 67.2 cm³/mol. The molecule has 1 heterocycles. The summed E-state index contributed by atoms with van der Waals surface area (Å²) >= 11 is 1.61. The molecule has 2 aromatic rings. The molecule has 80 valence electrons. The Kier molecular flexibility index (Phi) is 3.08. The number of para-hydroxylation sites is 1. The molecule has 1 aromatic carbocycles. The first-order valence-electron chi connectivity index (χ1n) is 4.86. The summed E-state index contributed by atoms with van der Waals surface area (Å²) in [5.74, 6) is 0. The van der Waals surface area contributed by atoms with Gasteiger partial charge in [0.1, 0.15) is 6.07 Å². The third-order valence-corrected chi connectivity index (χ3v) is 3.20. The van der Waals surface area contributed by atoms with Crippen LogP contribution in [0, 0.1) is 11.3 Å². The van der Waals surface area contributed by atoms with E-state index in [1.54, 1.807) is 17.4 Å². The SMILES string of the molecule is N#Cc1ccccc1NCc1sccc1N. The van der Waals surface area contributed by atoms with Gasteiger partial charge in [-0.3, -0.25) is 0 Å². The molecule has 3 nitrogen and oxygen atoms in total. The molecule has 0 fully saturated rings. The van der Waals surface area contributed by atoms with Gasteiger partial charge in [-0.1, -0.05) is 12.1 Å². The first kappa shape index (κ1) is 10.5.